The number of hydrogen-bond donors (Lipinski definition) is 0. The van der Waals surface area contributed by atoms with Gasteiger partial charge in [0.2, 0.25) is 0 Å². The van der Waals surface area contributed by atoms with Crippen molar-refractivity contribution in [1.29, 1.82) is 0 Å². The van der Waals surface area contributed by atoms with E-state index in [0.717, 1.165) is 8.04 Å². The highest BCUT2D eigenvalue weighted by atomic mass is 127. The summed E-state index contributed by atoms with van der Waals surface area (Å²) < 4.78 is 23.8. The molecule has 0 aliphatic rings. The lowest BCUT2D eigenvalue weighted by Gasteiger charge is -2.05. The van der Waals surface area contributed by atoms with Crippen LogP contribution < -0.4 is 0 Å². The predicted molar refractivity (Wildman–Crippen MR) is 64.6 cm³/mol. The Bertz CT molecular complexity index is 444. The molecule has 0 saturated heterocycles. The summed E-state index contributed by atoms with van der Waals surface area (Å²) in [5.74, 6) is 0. The Kier molecular flexibility index (Phi) is 3.65. The summed E-state index contributed by atoms with van der Waals surface area (Å²) in [6.07, 6.45) is 0. The molecular weight excluding hydrogens is 390 g/mol. The van der Waals surface area contributed by atoms with E-state index in [4.69, 9.17) is 10.7 Å². The van der Waals surface area contributed by atoms with Crippen LogP contribution in [0.25, 0.3) is 0 Å². The van der Waals surface area contributed by atoms with Crippen molar-refractivity contribution in [1.82, 2.24) is 0 Å². The zero-order chi connectivity index (χ0) is 10.2. The molecule has 2 nitrogen and oxygen atoms in total. The molecule has 0 N–H and O–H groups in total. The maximum absolute atomic E-state index is 11.1. The topological polar surface area (TPSA) is 34.1 Å². The summed E-state index contributed by atoms with van der Waals surface area (Å²) >= 11 is 5.40. The summed E-state index contributed by atoms with van der Waals surface area (Å²) in [6.45, 7) is 1.71. The molecule has 13 heavy (non-hydrogen) atoms. The van der Waals surface area contributed by atoms with Crippen LogP contribution in [0, 0.1) is 10.5 Å². The van der Waals surface area contributed by atoms with Crippen LogP contribution >= 0.6 is 49.2 Å². The van der Waals surface area contributed by atoms with E-state index in [0.29, 0.717) is 5.56 Å². The third-order valence-electron chi connectivity index (χ3n) is 1.55. The monoisotopic (exact) mass is 394 g/mol. The summed E-state index contributed by atoms with van der Waals surface area (Å²) in [5, 5.41) is 0. The fourth-order valence-electron chi connectivity index (χ4n) is 0.898. The molecular formula is C7H5BrClIO2S. The fourth-order valence-corrected chi connectivity index (χ4v) is 3.16. The van der Waals surface area contributed by atoms with E-state index in [-0.39, 0.29) is 4.90 Å². The third-order valence-corrected chi connectivity index (χ3v) is 5.68. The van der Waals surface area contributed by atoms with Crippen molar-refractivity contribution >= 4 is 58.3 Å². The Hall–Kier alpha value is 0.670. The van der Waals surface area contributed by atoms with Gasteiger partial charge in [-0.1, -0.05) is 0 Å². The minimum Gasteiger partial charge on any atom is -0.207 e. The first-order chi connectivity index (χ1) is 5.84. The van der Waals surface area contributed by atoms with Crippen LogP contribution in [-0.2, 0) is 9.05 Å². The van der Waals surface area contributed by atoms with Gasteiger partial charge in [0.15, 0.2) is 0 Å². The van der Waals surface area contributed by atoms with Gasteiger partial charge in [-0.2, -0.15) is 0 Å². The number of hydrogen-bond acceptors (Lipinski definition) is 2. The molecule has 0 saturated carbocycles. The van der Waals surface area contributed by atoms with E-state index >= 15 is 0 Å². The quantitative estimate of drug-likeness (QED) is 0.540. The molecule has 0 aromatic heterocycles. The average Bonchev–Trinajstić information content (AvgIpc) is 1.98. The highest BCUT2D eigenvalue weighted by Gasteiger charge is 2.15. The molecule has 1 aromatic rings. The van der Waals surface area contributed by atoms with Crippen LogP contribution in [0.2, 0.25) is 0 Å². The van der Waals surface area contributed by atoms with Gasteiger partial charge >= 0.3 is 0 Å². The van der Waals surface area contributed by atoms with Crippen LogP contribution in [0.1, 0.15) is 5.56 Å². The lowest BCUT2D eigenvalue weighted by atomic mass is 10.2. The average molecular weight is 395 g/mol. The van der Waals surface area contributed by atoms with Crippen LogP contribution in [0.4, 0.5) is 0 Å². The minimum absolute atomic E-state index is 0.154. The Morgan fingerprint density at radius 2 is 2.00 bits per heavy atom. The molecule has 0 fully saturated rings. The van der Waals surface area contributed by atoms with E-state index in [1.807, 2.05) is 0 Å². The summed E-state index contributed by atoms with van der Waals surface area (Å²) in [5.41, 5.74) is 0.641. The zero-order valence-corrected chi connectivity index (χ0v) is 11.8. The Balaban J connectivity index is 3.53. The second-order valence-electron chi connectivity index (χ2n) is 2.42. The predicted octanol–water partition coefficient (Wildman–Crippen LogP) is 3.29. The Morgan fingerprint density at radius 1 is 1.46 bits per heavy atom. The van der Waals surface area contributed by atoms with Gasteiger partial charge in [-0.05, 0) is 63.1 Å². The molecule has 0 spiro atoms. The maximum Gasteiger partial charge on any atom is 0.261 e. The molecule has 0 atom stereocenters. The summed E-state index contributed by atoms with van der Waals surface area (Å²) in [4.78, 5) is 0.154. The Morgan fingerprint density at radius 3 is 2.46 bits per heavy atom. The van der Waals surface area contributed by atoms with Gasteiger partial charge in [-0.25, -0.2) is 8.42 Å². The number of benzene rings is 1. The lowest BCUT2D eigenvalue weighted by molar-refractivity contribution is 0.609. The van der Waals surface area contributed by atoms with Crippen molar-refractivity contribution in [2.75, 3.05) is 0 Å². The minimum atomic E-state index is -3.63. The fraction of sp³-hybridized carbons (Fsp3) is 0.143. The van der Waals surface area contributed by atoms with Gasteiger partial charge < -0.3 is 0 Å². The molecule has 1 aromatic carbocycles. The van der Waals surface area contributed by atoms with Crippen molar-refractivity contribution in [2.24, 2.45) is 0 Å². The molecule has 0 bridgehead atoms. The number of halogens is 3. The van der Waals surface area contributed by atoms with E-state index in [1.165, 1.54) is 6.07 Å². The largest absolute Gasteiger partial charge is 0.261 e. The standard InChI is InChI=1S/C7H5BrClIO2S/c1-4-6(13(9,11)12)3-2-5(10)7(4)8/h2-3H,1H3. The van der Waals surface area contributed by atoms with E-state index in [9.17, 15) is 8.42 Å². The van der Waals surface area contributed by atoms with Crippen molar-refractivity contribution in [2.45, 2.75) is 11.8 Å². The summed E-state index contributed by atoms with van der Waals surface area (Å²) in [6, 6.07) is 3.21. The second kappa shape index (κ2) is 4.04. The third kappa shape index (κ3) is 2.57. The number of rotatable bonds is 1. The molecule has 1 rings (SSSR count). The van der Waals surface area contributed by atoms with Gasteiger partial charge in [0.25, 0.3) is 9.05 Å². The van der Waals surface area contributed by atoms with Crippen molar-refractivity contribution < 1.29 is 8.42 Å². The maximum atomic E-state index is 11.1. The van der Waals surface area contributed by atoms with Gasteiger partial charge in [-0.3, -0.25) is 0 Å². The molecule has 0 aliphatic heterocycles. The van der Waals surface area contributed by atoms with Crippen molar-refractivity contribution in [3.8, 4) is 0 Å². The van der Waals surface area contributed by atoms with Gasteiger partial charge in [0, 0.05) is 18.7 Å². The van der Waals surface area contributed by atoms with E-state index in [2.05, 4.69) is 38.5 Å². The van der Waals surface area contributed by atoms with Crippen LogP contribution in [0.15, 0.2) is 21.5 Å². The zero-order valence-electron chi connectivity index (χ0n) is 6.51. The molecule has 72 valence electrons. The molecule has 6 heteroatoms. The van der Waals surface area contributed by atoms with Crippen molar-refractivity contribution in [3.05, 3.63) is 25.7 Å². The Labute approximate surface area is 103 Å². The lowest BCUT2D eigenvalue weighted by Crippen LogP contribution is -1.96. The highest BCUT2D eigenvalue weighted by molar-refractivity contribution is 14.1. The van der Waals surface area contributed by atoms with Gasteiger partial charge in [0.1, 0.15) is 0 Å². The highest BCUT2D eigenvalue weighted by Crippen LogP contribution is 2.29. The normalized spacial score (nSPS) is 11.7. The molecule has 0 unspecified atom stereocenters. The SMILES string of the molecule is Cc1c(S(=O)(=O)Cl)ccc(I)c1Br. The van der Waals surface area contributed by atoms with Crippen LogP contribution in [-0.4, -0.2) is 8.42 Å². The first kappa shape index (κ1) is 11.7. The van der Waals surface area contributed by atoms with Crippen LogP contribution in [0.3, 0.4) is 0 Å². The second-order valence-corrected chi connectivity index (χ2v) is 6.91. The molecule has 0 heterocycles. The van der Waals surface area contributed by atoms with Crippen LogP contribution in [0.5, 0.6) is 0 Å². The first-order valence-corrected chi connectivity index (χ1v) is 7.41. The van der Waals surface area contributed by atoms with Crippen molar-refractivity contribution in [3.63, 3.8) is 0 Å². The summed E-state index contributed by atoms with van der Waals surface area (Å²) in [7, 11) is 1.60. The molecule has 0 amide bonds. The molecule has 0 radical (unpaired) electrons. The molecule has 0 aliphatic carbocycles. The van der Waals surface area contributed by atoms with E-state index in [1.54, 1.807) is 13.0 Å². The van der Waals surface area contributed by atoms with E-state index < -0.39 is 9.05 Å². The van der Waals surface area contributed by atoms with Gasteiger partial charge in [0.05, 0.1) is 4.90 Å². The first-order valence-electron chi connectivity index (χ1n) is 3.23. The van der Waals surface area contributed by atoms with Gasteiger partial charge in [-0.15, -0.1) is 0 Å². The smallest absolute Gasteiger partial charge is 0.207 e.